The number of carbonyl (C=O) groups is 2. The second-order valence-electron chi connectivity index (χ2n) is 6.13. The van der Waals surface area contributed by atoms with Gasteiger partial charge in [-0.2, -0.15) is 0 Å². The number of anilines is 2. The fourth-order valence-electron chi connectivity index (χ4n) is 2.93. The zero-order valence-corrected chi connectivity index (χ0v) is 14.8. The van der Waals surface area contributed by atoms with Crippen molar-refractivity contribution in [1.82, 2.24) is 19.4 Å². The molecule has 0 amide bonds. The Morgan fingerprint density at radius 1 is 1.11 bits per heavy atom. The van der Waals surface area contributed by atoms with Crippen molar-refractivity contribution < 1.29 is 14.7 Å². The molecule has 3 aromatic heterocycles. The maximum atomic E-state index is 11.1. The van der Waals surface area contributed by atoms with Crippen LogP contribution in [0.1, 0.15) is 26.4 Å². The van der Waals surface area contributed by atoms with Crippen molar-refractivity contribution in [2.75, 3.05) is 5.32 Å². The molecule has 138 valence electrons. The van der Waals surface area contributed by atoms with E-state index < -0.39 is 5.97 Å². The molecule has 0 aliphatic carbocycles. The monoisotopic (exact) mass is 373 g/mol. The maximum Gasteiger partial charge on any atom is 0.335 e. The summed E-state index contributed by atoms with van der Waals surface area (Å²) in [6, 6.07) is 11.6. The highest BCUT2D eigenvalue weighted by atomic mass is 16.4. The molecule has 4 rings (SSSR count). The van der Waals surface area contributed by atoms with E-state index in [1.807, 2.05) is 11.3 Å². The van der Waals surface area contributed by atoms with Crippen LogP contribution < -0.4 is 5.32 Å². The molecule has 1 aromatic carbocycles. The molecule has 0 unspecified atom stereocenters. The maximum absolute atomic E-state index is 11.1. The van der Waals surface area contributed by atoms with Crippen molar-refractivity contribution in [2.45, 2.75) is 6.92 Å². The van der Waals surface area contributed by atoms with Crippen molar-refractivity contribution in [3.63, 3.8) is 0 Å². The Morgan fingerprint density at radius 2 is 1.89 bits per heavy atom. The van der Waals surface area contributed by atoms with Crippen molar-refractivity contribution in [3.8, 4) is 11.4 Å². The summed E-state index contributed by atoms with van der Waals surface area (Å²) in [5.74, 6) is -0.621. The Bertz CT molecular complexity index is 1200. The molecule has 0 aliphatic heterocycles. The third kappa shape index (κ3) is 3.18. The summed E-state index contributed by atoms with van der Waals surface area (Å²) in [5, 5.41) is 12.0. The number of aryl methyl sites for hydroxylation is 1. The molecule has 0 aliphatic rings. The summed E-state index contributed by atoms with van der Waals surface area (Å²) in [5.41, 5.74) is 4.32. The van der Waals surface area contributed by atoms with Crippen molar-refractivity contribution in [3.05, 3.63) is 71.7 Å². The first-order chi connectivity index (χ1) is 13.5. The number of carbonyl (C=O) groups excluding carboxylic acids is 1. The quantitative estimate of drug-likeness (QED) is 0.516. The number of fused-ring (bicyclic) bond motifs is 1. The number of imidazole rings is 1. The Labute approximate surface area is 159 Å². The Hall–Kier alpha value is -4.07. The number of aromatic carboxylic acids is 1. The van der Waals surface area contributed by atoms with Crippen molar-refractivity contribution >= 4 is 29.5 Å². The Balaban J connectivity index is 1.71. The van der Waals surface area contributed by atoms with Gasteiger partial charge in [0, 0.05) is 23.6 Å². The van der Waals surface area contributed by atoms with Crippen LogP contribution in [0.25, 0.3) is 17.0 Å². The SMILES string of the molecule is Cc1nc2ccc(C=O)cn2c1-c1ccnc(Nc2ccc(C(=O)O)cc2)n1. The minimum absolute atomic E-state index is 0.201. The van der Waals surface area contributed by atoms with E-state index in [2.05, 4.69) is 20.3 Å². The van der Waals surface area contributed by atoms with Gasteiger partial charge in [-0.3, -0.25) is 9.20 Å². The van der Waals surface area contributed by atoms with Gasteiger partial charge in [-0.1, -0.05) is 0 Å². The highest BCUT2D eigenvalue weighted by molar-refractivity contribution is 5.88. The van der Waals surface area contributed by atoms with E-state index in [0.29, 0.717) is 22.9 Å². The number of carboxylic acids is 1. The van der Waals surface area contributed by atoms with Gasteiger partial charge in [0.2, 0.25) is 5.95 Å². The van der Waals surface area contributed by atoms with Crippen LogP contribution in [0, 0.1) is 6.92 Å². The van der Waals surface area contributed by atoms with Crippen LogP contribution in [0.4, 0.5) is 11.6 Å². The van der Waals surface area contributed by atoms with Crippen LogP contribution in [0.3, 0.4) is 0 Å². The van der Waals surface area contributed by atoms with Gasteiger partial charge in [0.15, 0.2) is 6.29 Å². The van der Waals surface area contributed by atoms with E-state index in [0.717, 1.165) is 23.3 Å². The lowest BCUT2D eigenvalue weighted by Gasteiger charge is -2.08. The van der Waals surface area contributed by atoms with Gasteiger partial charge in [-0.25, -0.2) is 19.7 Å². The van der Waals surface area contributed by atoms with Gasteiger partial charge in [0.1, 0.15) is 5.65 Å². The highest BCUT2D eigenvalue weighted by Gasteiger charge is 2.14. The lowest BCUT2D eigenvalue weighted by molar-refractivity contribution is 0.0696. The molecule has 8 heteroatoms. The van der Waals surface area contributed by atoms with Crippen LogP contribution in [0.2, 0.25) is 0 Å². The first-order valence-electron chi connectivity index (χ1n) is 8.43. The Kier molecular flexibility index (Phi) is 4.29. The van der Waals surface area contributed by atoms with E-state index in [1.165, 1.54) is 12.1 Å². The van der Waals surface area contributed by atoms with Gasteiger partial charge in [-0.15, -0.1) is 0 Å². The molecule has 8 nitrogen and oxygen atoms in total. The number of benzene rings is 1. The summed E-state index contributed by atoms with van der Waals surface area (Å²) in [7, 11) is 0. The van der Waals surface area contributed by atoms with Gasteiger partial charge < -0.3 is 10.4 Å². The van der Waals surface area contributed by atoms with E-state index in [9.17, 15) is 9.59 Å². The van der Waals surface area contributed by atoms with Crippen LogP contribution in [-0.2, 0) is 0 Å². The number of carboxylic acid groups (broad SMARTS) is 1. The van der Waals surface area contributed by atoms with Gasteiger partial charge in [0.05, 0.1) is 22.6 Å². The lowest BCUT2D eigenvalue weighted by atomic mass is 10.2. The van der Waals surface area contributed by atoms with Crippen LogP contribution in [0.5, 0.6) is 0 Å². The number of nitrogens with one attached hydrogen (secondary N) is 1. The molecule has 0 radical (unpaired) electrons. The fraction of sp³-hybridized carbons (Fsp3) is 0.0500. The number of hydrogen-bond donors (Lipinski definition) is 2. The van der Waals surface area contributed by atoms with E-state index in [1.54, 1.807) is 42.7 Å². The minimum atomic E-state index is -0.984. The largest absolute Gasteiger partial charge is 0.478 e. The summed E-state index contributed by atoms with van der Waals surface area (Å²) in [6.45, 7) is 1.88. The number of nitrogens with zero attached hydrogens (tertiary/aromatic N) is 4. The molecule has 0 fully saturated rings. The molecular weight excluding hydrogens is 358 g/mol. The number of aldehydes is 1. The highest BCUT2D eigenvalue weighted by Crippen LogP contribution is 2.25. The van der Waals surface area contributed by atoms with Crippen LogP contribution in [-0.4, -0.2) is 36.7 Å². The number of rotatable bonds is 5. The predicted molar refractivity (Wildman–Crippen MR) is 103 cm³/mol. The number of pyridine rings is 1. The lowest BCUT2D eigenvalue weighted by Crippen LogP contribution is -2.01. The Morgan fingerprint density at radius 3 is 2.61 bits per heavy atom. The van der Waals surface area contributed by atoms with Gasteiger partial charge >= 0.3 is 5.97 Å². The first-order valence-corrected chi connectivity index (χ1v) is 8.43. The van der Waals surface area contributed by atoms with E-state index >= 15 is 0 Å². The molecule has 28 heavy (non-hydrogen) atoms. The third-order valence-corrected chi connectivity index (χ3v) is 4.24. The second kappa shape index (κ2) is 6.92. The molecule has 0 atom stereocenters. The van der Waals surface area contributed by atoms with E-state index in [4.69, 9.17) is 5.11 Å². The zero-order chi connectivity index (χ0) is 19.7. The normalized spacial score (nSPS) is 10.8. The molecule has 4 aromatic rings. The zero-order valence-electron chi connectivity index (χ0n) is 14.8. The average Bonchev–Trinajstić information content (AvgIpc) is 3.03. The van der Waals surface area contributed by atoms with Crippen molar-refractivity contribution in [1.29, 1.82) is 0 Å². The van der Waals surface area contributed by atoms with Crippen LogP contribution in [0.15, 0.2) is 54.9 Å². The average molecular weight is 373 g/mol. The summed E-state index contributed by atoms with van der Waals surface area (Å²) in [6.07, 6.45) is 4.13. The smallest absolute Gasteiger partial charge is 0.335 e. The van der Waals surface area contributed by atoms with Crippen LogP contribution >= 0.6 is 0 Å². The number of aromatic nitrogens is 4. The standard InChI is InChI=1S/C20H15N5O3/c1-12-18(25-10-13(11-26)2-7-17(25)22-12)16-8-9-21-20(24-16)23-15-5-3-14(4-6-15)19(27)28/h2-11H,1H3,(H,27,28)(H,21,23,24). The summed E-state index contributed by atoms with van der Waals surface area (Å²) >= 11 is 0. The summed E-state index contributed by atoms with van der Waals surface area (Å²) < 4.78 is 1.83. The summed E-state index contributed by atoms with van der Waals surface area (Å²) in [4.78, 5) is 35.4. The molecule has 2 N–H and O–H groups in total. The molecule has 0 saturated carbocycles. The topological polar surface area (TPSA) is 109 Å². The van der Waals surface area contributed by atoms with Gasteiger partial charge in [0.25, 0.3) is 0 Å². The molecular formula is C20H15N5O3. The van der Waals surface area contributed by atoms with E-state index in [-0.39, 0.29) is 5.56 Å². The fourth-order valence-corrected chi connectivity index (χ4v) is 2.93. The second-order valence-corrected chi connectivity index (χ2v) is 6.13. The third-order valence-electron chi connectivity index (χ3n) is 4.24. The first kappa shape index (κ1) is 17.3. The molecule has 0 bridgehead atoms. The predicted octanol–water partition coefficient (Wildman–Crippen LogP) is 3.35. The van der Waals surface area contributed by atoms with Gasteiger partial charge in [-0.05, 0) is 49.4 Å². The van der Waals surface area contributed by atoms with Crippen molar-refractivity contribution in [2.24, 2.45) is 0 Å². The minimum Gasteiger partial charge on any atom is -0.478 e. The molecule has 0 spiro atoms. The number of hydrogen-bond acceptors (Lipinski definition) is 6. The molecule has 3 heterocycles. The molecule has 0 saturated heterocycles.